The topological polar surface area (TPSA) is 70.7 Å². The Balaban J connectivity index is 1.97. The zero-order valence-corrected chi connectivity index (χ0v) is 14.0. The highest BCUT2D eigenvalue weighted by Gasteiger charge is 2.34. The summed E-state index contributed by atoms with van der Waals surface area (Å²) in [5.74, 6) is 0.681. The minimum Gasteiger partial charge on any atom is -0.494 e. The molecule has 1 aromatic rings. The van der Waals surface area contributed by atoms with Crippen molar-refractivity contribution in [3.8, 4) is 5.75 Å². The first-order valence-corrected chi connectivity index (χ1v) is 8.12. The Bertz CT molecular complexity index is 543. The molecule has 2 N–H and O–H groups in total. The Morgan fingerprint density at radius 1 is 1.30 bits per heavy atom. The van der Waals surface area contributed by atoms with Crippen LogP contribution in [0.3, 0.4) is 0 Å². The van der Waals surface area contributed by atoms with Crippen LogP contribution in [0.4, 0.5) is 10.5 Å². The number of hydrogen-bond donors (Lipinski definition) is 2. The van der Waals surface area contributed by atoms with Gasteiger partial charge in [0.1, 0.15) is 11.8 Å². The maximum absolute atomic E-state index is 12.4. The molecule has 0 radical (unpaired) electrons. The minimum absolute atomic E-state index is 0.0686. The molecule has 1 aliphatic heterocycles. The second kappa shape index (κ2) is 7.85. The van der Waals surface area contributed by atoms with Gasteiger partial charge in [-0.05, 0) is 57.9 Å². The molecule has 0 saturated carbocycles. The van der Waals surface area contributed by atoms with Gasteiger partial charge in [-0.1, -0.05) is 0 Å². The number of nitrogens with one attached hydrogen (secondary N) is 2. The molecule has 0 spiro atoms. The SMILES string of the molecule is CCOc1ccc(NC(=O)N2CCC[C@H]2C(=O)NC(C)C)cc1. The van der Waals surface area contributed by atoms with E-state index in [-0.39, 0.29) is 24.0 Å². The molecule has 126 valence electrons. The highest BCUT2D eigenvalue weighted by atomic mass is 16.5. The third kappa shape index (κ3) is 4.61. The number of hydrogen-bond acceptors (Lipinski definition) is 3. The van der Waals surface area contributed by atoms with E-state index >= 15 is 0 Å². The molecule has 23 heavy (non-hydrogen) atoms. The van der Waals surface area contributed by atoms with Gasteiger partial charge in [-0.25, -0.2) is 4.79 Å². The Hall–Kier alpha value is -2.24. The summed E-state index contributed by atoms with van der Waals surface area (Å²) in [5, 5.41) is 5.72. The lowest BCUT2D eigenvalue weighted by molar-refractivity contribution is -0.125. The summed E-state index contributed by atoms with van der Waals surface area (Å²) in [6.45, 7) is 6.95. The van der Waals surface area contributed by atoms with E-state index in [4.69, 9.17) is 4.74 Å². The summed E-state index contributed by atoms with van der Waals surface area (Å²) < 4.78 is 5.38. The molecule has 2 rings (SSSR count). The van der Waals surface area contributed by atoms with Crippen LogP contribution in [0.15, 0.2) is 24.3 Å². The maximum Gasteiger partial charge on any atom is 0.322 e. The van der Waals surface area contributed by atoms with Crippen molar-refractivity contribution in [3.63, 3.8) is 0 Å². The largest absolute Gasteiger partial charge is 0.494 e. The zero-order chi connectivity index (χ0) is 16.8. The second-order valence-corrected chi connectivity index (χ2v) is 5.90. The zero-order valence-electron chi connectivity index (χ0n) is 14.0. The van der Waals surface area contributed by atoms with Gasteiger partial charge in [0, 0.05) is 18.3 Å². The van der Waals surface area contributed by atoms with Crippen LogP contribution in [0.5, 0.6) is 5.75 Å². The molecule has 1 heterocycles. The Morgan fingerprint density at radius 3 is 2.61 bits per heavy atom. The van der Waals surface area contributed by atoms with E-state index in [1.807, 2.05) is 32.9 Å². The van der Waals surface area contributed by atoms with Crippen LogP contribution in [-0.4, -0.2) is 42.1 Å². The van der Waals surface area contributed by atoms with Crippen LogP contribution in [0.1, 0.15) is 33.6 Å². The normalized spacial score (nSPS) is 17.2. The summed E-state index contributed by atoms with van der Waals surface area (Å²) in [6, 6.07) is 6.65. The summed E-state index contributed by atoms with van der Waals surface area (Å²) in [6.07, 6.45) is 1.54. The van der Waals surface area contributed by atoms with Crippen molar-refractivity contribution in [2.75, 3.05) is 18.5 Å². The summed E-state index contributed by atoms with van der Waals surface area (Å²) >= 11 is 0. The van der Waals surface area contributed by atoms with Gasteiger partial charge >= 0.3 is 6.03 Å². The van der Waals surface area contributed by atoms with Gasteiger partial charge in [-0.3, -0.25) is 4.79 Å². The fourth-order valence-corrected chi connectivity index (χ4v) is 2.66. The Labute approximate surface area is 137 Å². The number of carbonyl (C=O) groups excluding carboxylic acids is 2. The van der Waals surface area contributed by atoms with E-state index in [0.29, 0.717) is 25.3 Å². The van der Waals surface area contributed by atoms with Gasteiger partial charge in [-0.15, -0.1) is 0 Å². The van der Waals surface area contributed by atoms with E-state index in [9.17, 15) is 9.59 Å². The van der Waals surface area contributed by atoms with Gasteiger partial charge < -0.3 is 20.3 Å². The number of benzene rings is 1. The first-order valence-electron chi connectivity index (χ1n) is 8.12. The lowest BCUT2D eigenvalue weighted by Gasteiger charge is -2.25. The summed E-state index contributed by atoms with van der Waals surface area (Å²) in [7, 11) is 0. The van der Waals surface area contributed by atoms with E-state index in [1.54, 1.807) is 17.0 Å². The number of amides is 3. The molecule has 1 aliphatic rings. The van der Waals surface area contributed by atoms with Crippen molar-refractivity contribution in [2.24, 2.45) is 0 Å². The number of ether oxygens (including phenoxy) is 1. The quantitative estimate of drug-likeness (QED) is 0.876. The molecular formula is C17H25N3O3. The van der Waals surface area contributed by atoms with E-state index < -0.39 is 0 Å². The predicted octanol–water partition coefficient (Wildman–Crippen LogP) is 2.61. The third-order valence-electron chi connectivity index (χ3n) is 3.66. The fourth-order valence-electron chi connectivity index (χ4n) is 2.66. The van der Waals surface area contributed by atoms with Crippen LogP contribution < -0.4 is 15.4 Å². The van der Waals surface area contributed by atoms with Crippen LogP contribution in [0.2, 0.25) is 0 Å². The lowest BCUT2D eigenvalue weighted by Crippen LogP contribution is -2.48. The summed E-state index contributed by atoms with van der Waals surface area (Å²) in [5.41, 5.74) is 0.688. The number of urea groups is 1. The van der Waals surface area contributed by atoms with Crippen molar-refractivity contribution < 1.29 is 14.3 Å². The van der Waals surface area contributed by atoms with Crippen LogP contribution >= 0.6 is 0 Å². The molecule has 6 heteroatoms. The number of rotatable bonds is 5. The number of nitrogens with zero attached hydrogens (tertiary/aromatic N) is 1. The van der Waals surface area contributed by atoms with Crippen molar-refractivity contribution in [3.05, 3.63) is 24.3 Å². The van der Waals surface area contributed by atoms with Gasteiger partial charge in [0.05, 0.1) is 6.61 Å². The molecule has 1 aromatic carbocycles. The molecule has 0 aliphatic carbocycles. The lowest BCUT2D eigenvalue weighted by atomic mass is 10.2. The number of carbonyl (C=O) groups is 2. The predicted molar refractivity (Wildman–Crippen MR) is 89.6 cm³/mol. The highest BCUT2D eigenvalue weighted by Crippen LogP contribution is 2.20. The fraction of sp³-hybridized carbons (Fsp3) is 0.529. The van der Waals surface area contributed by atoms with Crippen LogP contribution in [-0.2, 0) is 4.79 Å². The molecule has 0 unspecified atom stereocenters. The highest BCUT2D eigenvalue weighted by molar-refractivity contribution is 5.94. The van der Waals surface area contributed by atoms with E-state index in [0.717, 1.165) is 12.2 Å². The standard InChI is InChI=1S/C17H25N3O3/c1-4-23-14-9-7-13(8-10-14)19-17(22)20-11-5-6-15(20)16(21)18-12(2)3/h7-10,12,15H,4-6,11H2,1-3H3,(H,18,21)(H,19,22)/t15-/m0/s1. The molecule has 0 bridgehead atoms. The van der Waals surface area contributed by atoms with E-state index in [2.05, 4.69) is 10.6 Å². The molecule has 1 fully saturated rings. The second-order valence-electron chi connectivity index (χ2n) is 5.90. The van der Waals surface area contributed by atoms with Gasteiger partial charge in [0.25, 0.3) is 0 Å². The van der Waals surface area contributed by atoms with Crippen molar-refractivity contribution >= 4 is 17.6 Å². The molecule has 1 atom stereocenters. The van der Waals surface area contributed by atoms with E-state index in [1.165, 1.54) is 0 Å². The average molecular weight is 319 g/mol. The average Bonchev–Trinajstić information content (AvgIpc) is 2.98. The molecule has 1 saturated heterocycles. The van der Waals surface area contributed by atoms with Crippen LogP contribution in [0.25, 0.3) is 0 Å². The maximum atomic E-state index is 12.4. The van der Waals surface area contributed by atoms with Crippen LogP contribution in [0, 0.1) is 0 Å². The Morgan fingerprint density at radius 2 is 2.00 bits per heavy atom. The van der Waals surface area contributed by atoms with Crippen molar-refractivity contribution in [1.29, 1.82) is 0 Å². The molecule has 6 nitrogen and oxygen atoms in total. The minimum atomic E-state index is -0.389. The number of likely N-dealkylation sites (tertiary alicyclic amines) is 1. The monoisotopic (exact) mass is 319 g/mol. The first kappa shape index (κ1) is 17.1. The molecule has 3 amide bonds. The molecule has 0 aromatic heterocycles. The van der Waals surface area contributed by atoms with Crippen molar-refractivity contribution in [2.45, 2.75) is 45.7 Å². The van der Waals surface area contributed by atoms with Gasteiger partial charge in [0.2, 0.25) is 5.91 Å². The molecular weight excluding hydrogens is 294 g/mol. The van der Waals surface area contributed by atoms with Crippen molar-refractivity contribution in [1.82, 2.24) is 10.2 Å². The third-order valence-corrected chi connectivity index (χ3v) is 3.66. The first-order chi connectivity index (χ1) is 11.0. The summed E-state index contributed by atoms with van der Waals surface area (Å²) in [4.78, 5) is 26.2. The van der Waals surface area contributed by atoms with Gasteiger partial charge in [0.15, 0.2) is 0 Å². The number of anilines is 1. The Kier molecular flexibility index (Phi) is 5.84. The van der Waals surface area contributed by atoms with Gasteiger partial charge in [-0.2, -0.15) is 0 Å². The smallest absolute Gasteiger partial charge is 0.322 e.